The lowest BCUT2D eigenvalue weighted by Gasteiger charge is -2.25. The number of aromatic carboxylic acids is 2. The van der Waals surface area contributed by atoms with Crippen molar-refractivity contribution in [3.63, 3.8) is 0 Å². The van der Waals surface area contributed by atoms with E-state index in [1.54, 1.807) is 48.5 Å². The second-order valence-corrected chi connectivity index (χ2v) is 13.0. The van der Waals surface area contributed by atoms with Crippen LogP contribution in [0.3, 0.4) is 0 Å². The van der Waals surface area contributed by atoms with Gasteiger partial charge in [0.2, 0.25) is 0 Å². The van der Waals surface area contributed by atoms with Gasteiger partial charge in [-0.3, -0.25) is 9.59 Å². The van der Waals surface area contributed by atoms with Crippen LogP contribution >= 0.6 is 0 Å². The number of hydrogen-bond donors (Lipinski definition) is 4. The summed E-state index contributed by atoms with van der Waals surface area (Å²) in [6.07, 6.45) is 7.13. The summed E-state index contributed by atoms with van der Waals surface area (Å²) in [4.78, 5) is 49.6. The first kappa shape index (κ1) is 39.7. The topological polar surface area (TPSA) is 179 Å². The molecule has 0 fully saturated rings. The average molecular weight is 759 g/mol. The summed E-state index contributed by atoms with van der Waals surface area (Å²) in [6, 6.07) is 30.5. The van der Waals surface area contributed by atoms with Crippen LogP contribution in [0.1, 0.15) is 55.3 Å². The SMILES string of the molecule is C#COc1ccc(C(=O)O)c(C(=O)Nc2ccc(OCC(C)(C)COc3ccc(NC(=O)c4cc(OCCOc5ccccc5)ccc4C(=O)O)cc3)cc2)c1. The molecule has 0 unspecified atom stereocenters. The highest BCUT2D eigenvalue weighted by atomic mass is 16.5. The number of hydrogen-bond acceptors (Lipinski definition) is 9. The van der Waals surface area contributed by atoms with Crippen LogP contribution in [0.15, 0.2) is 115 Å². The molecule has 0 saturated carbocycles. The molecule has 13 nitrogen and oxygen atoms in total. The zero-order valence-electron chi connectivity index (χ0n) is 30.4. The Balaban J connectivity index is 1.10. The number of para-hydroxylation sites is 1. The molecule has 5 rings (SSSR count). The van der Waals surface area contributed by atoms with Gasteiger partial charge in [0.15, 0.2) is 0 Å². The van der Waals surface area contributed by atoms with Crippen LogP contribution in [0.2, 0.25) is 0 Å². The Bertz CT molecular complexity index is 2210. The van der Waals surface area contributed by atoms with Gasteiger partial charge in [-0.25, -0.2) is 9.59 Å². The Kier molecular flexibility index (Phi) is 13.2. The first-order chi connectivity index (χ1) is 26.9. The summed E-state index contributed by atoms with van der Waals surface area (Å²) in [5.41, 5.74) is -0.157. The second-order valence-electron chi connectivity index (χ2n) is 13.0. The number of carbonyl (C=O) groups is 4. The van der Waals surface area contributed by atoms with Crippen molar-refractivity contribution < 1.29 is 53.1 Å². The molecule has 0 spiro atoms. The maximum Gasteiger partial charge on any atom is 0.336 e. The third-order valence-corrected chi connectivity index (χ3v) is 7.96. The van der Waals surface area contributed by atoms with Crippen molar-refractivity contribution >= 4 is 35.1 Å². The van der Waals surface area contributed by atoms with Crippen LogP contribution in [-0.2, 0) is 0 Å². The molecule has 0 radical (unpaired) electrons. The number of amides is 2. The van der Waals surface area contributed by atoms with Crippen molar-refractivity contribution in [2.24, 2.45) is 5.41 Å². The molecule has 0 saturated heterocycles. The van der Waals surface area contributed by atoms with Crippen LogP contribution in [-0.4, -0.2) is 60.4 Å². The van der Waals surface area contributed by atoms with E-state index in [0.717, 1.165) is 0 Å². The fourth-order valence-electron chi connectivity index (χ4n) is 5.12. The van der Waals surface area contributed by atoms with Crippen LogP contribution in [0.5, 0.6) is 28.7 Å². The number of nitrogens with one attached hydrogen (secondary N) is 2. The lowest BCUT2D eigenvalue weighted by atomic mass is 9.96. The van der Waals surface area contributed by atoms with Crippen molar-refractivity contribution in [2.45, 2.75) is 13.8 Å². The third kappa shape index (κ3) is 11.3. The summed E-state index contributed by atoms with van der Waals surface area (Å²) in [5.74, 6) is -1.56. The van der Waals surface area contributed by atoms with Crippen molar-refractivity contribution in [1.29, 1.82) is 0 Å². The molecule has 0 aliphatic heterocycles. The first-order valence-electron chi connectivity index (χ1n) is 17.2. The van der Waals surface area contributed by atoms with E-state index in [0.29, 0.717) is 34.4 Å². The second kappa shape index (κ2) is 18.5. The van der Waals surface area contributed by atoms with E-state index in [1.807, 2.05) is 50.3 Å². The number of carboxylic acid groups (broad SMARTS) is 2. The van der Waals surface area contributed by atoms with E-state index >= 15 is 0 Å². The van der Waals surface area contributed by atoms with Gasteiger partial charge in [-0.1, -0.05) is 38.5 Å². The fraction of sp³-hybridized carbons (Fsp3) is 0.163. The van der Waals surface area contributed by atoms with E-state index < -0.39 is 29.2 Å². The van der Waals surface area contributed by atoms with Crippen LogP contribution in [0.25, 0.3) is 0 Å². The molecule has 13 heteroatoms. The minimum absolute atomic E-state index is 0.0624. The van der Waals surface area contributed by atoms with Crippen LogP contribution in [0.4, 0.5) is 11.4 Å². The van der Waals surface area contributed by atoms with Crippen molar-refractivity contribution in [3.8, 4) is 41.3 Å². The van der Waals surface area contributed by atoms with Gasteiger partial charge in [-0.05, 0) is 97.1 Å². The minimum atomic E-state index is -1.28. The zero-order valence-corrected chi connectivity index (χ0v) is 30.4. The quantitative estimate of drug-likeness (QED) is 0.0514. The fourth-order valence-corrected chi connectivity index (χ4v) is 5.12. The monoisotopic (exact) mass is 758 g/mol. The maximum absolute atomic E-state index is 13.2. The largest absolute Gasteiger partial charge is 0.493 e. The normalized spacial score (nSPS) is 10.7. The van der Waals surface area contributed by atoms with Gasteiger partial charge in [0.05, 0.1) is 35.5 Å². The van der Waals surface area contributed by atoms with E-state index in [-0.39, 0.29) is 54.4 Å². The molecular weight excluding hydrogens is 720 g/mol. The summed E-state index contributed by atoms with van der Waals surface area (Å²) in [5, 5.41) is 24.6. The predicted octanol–water partition coefficient (Wildman–Crippen LogP) is 7.50. The number of rotatable bonds is 18. The third-order valence-electron chi connectivity index (χ3n) is 7.96. The maximum atomic E-state index is 13.2. The summed E-state index contributed by atoms with van der Waals surface area (Å²) < 4.78 is 28.2. The molecule has 0 bridgehead atoms. The Hall–Kier alpha value is -7.46. The van der Waals surface area contributed by atoms with Gasteiger partial charge in [0.25, 0.3) is 11.8 Å². The molecule has 0 heterocycles. The summed E-state index contributed by atoms with van der Waals surface area (Å²) >= 11 is 0. The molecule has 0 aliphatic carbocycles. The van der Waals surface area contributed by atoms with Crippen molar-refractivity contribution in [3.05, 3.63) is 138 Å². The smallest absolute Gasteiger partial charge is 0.336 e. The molecule has 5 aromatic carbocycles. The summed E-state index contributed by atoms with van der Waals surface area (Å²) in [7, 11) is 0. The highest BCUT2D eigenvalue weighted by Crippen LogP contribution is 2.26. The van der Waals surface area contributed by atoms with E-state index in [2.05, 4.69) is 10.6 Å². The van der Waals surface area contributed by atoms with Gasteiger partial charge in [0.1, 0.15) is 48.1 Å². The van der Waals surface area contributed by atoms with Gasteiger partial charge >= 0.3 is 11.9 Å². The number of carbonyl (C=O) groups excluding carboxylic acids is 2. The Labute approximate surface area is 322 Å². The molecule has 4 N–H and O–H groups in total. The Morgan fingerprint density at radius 1 is 0.554 bits per heavy atom. The van der Waals surface area contributed by atoms with Crippen molar-refractivity contribution in [1.82, 2.24) is 0 Å². The van der Waals surface area contributed by atoms with E-state index in [1.165, 1.54) is 36.4 Å². The summed E-state index contributed by atoms with van der Waals surface area (Å²) in [6.45, 7) is 4.93. The number of terminal acetylenes is 1. The van der Waals surface area contributed by atoms with E-state index in [4.69, 9.17) is 30.1 Å². The lowest BCUT2D eigenvalue weighted by molar-refractivity contribution is 0.0683. The molecule has 2 amide bonds. The standard InChI is InChI=1S/C43H38N2O11/c1-4-52-33-18-20-35(41(48)49)37(24-33)39(46)44-28-10-14-31(15-11-28)55-26-43(2,3)27-56-32-16-12-29(13-17-32)45-40(47)38-25-34(19-21-36(38)42(50)51)54-23-22-53-30-8-6-5-7-9-30/h1,5-21,24-25H,22-23,26-27H2,2-3H3,(H,44,46)(H,45,47)(H,48,49)(H,50,51). The predicted molar refractivity (Wildman–Crippen MR) is 207 cm³/mol. The van der Waals surface area contributed by atoms with Gasteiger partial charge in [0, 0.05) is 16.8 Å². The van der Waals surface area contributed by atoms with E-state index in [9.17, 15) is 29.4 Å². The molecular formula is C43H38N2O11. The van der Waals surface area contributed by atoms with Gasteiger partial charge in [-0.2, -0.15) is 0 Å². The number of ether oxygens (including phenoxy) is 5. The molecule has 0 aromatic heterocycles. The van der Waals surface area contributed by atoms with Crippen LogP contribution in [0, 0.1) is 17.9 Å². The highest BCUT2D eigenvalue weighted by Gasteiger charge is 2.22. The van der Waals surface area contributed by atoms with Gasteiger partial charge in [-0.15, -0.1) is 0 Å². The number of carboxylic acids is 2. The number of anilines is 2. The molecule has 286 valence electrons. The molecule has 0 aliphatic rings. The zero-order chi connectivity index (χ0) is 40.1. The van der Waals surface area contributed by atoms with Gasteiger partial charge < -0.3 is 44.5 Å². The average Bonchev–Trinajstić information content (AvgIpc) is 3.19. The highest BCUT2D eigenvalue weighted by molar-refractivity contribution is 6.11. The Morgan fingerprint density at radius 3 is 1.43 bits per heavy atom. The molecule has 0 atom stereocenters. The lowest BCUT2D eigenvalue weighted by Crippen LogP contribution is -2.28. The number of benzene rings is 5. The first-order valence-corrected chi connectivity index (χ1v) is 17.2. The minimum Gasteiger partial charge on any atom is -0.493 e. The molecule has 5 aromatic rings. The molecule has 56 heavy (non-hydrogen) atoms. The van der Waals surface area contributed by atoms with Crippen molar-refractivity contribution in [2.75, 3.05) is 37.1 Å². The Morgan fingerprint density at radius 2 is 0.964 bits per heavy atom. The van der Waals surface area contributed by atoms with Crippen LogP contribution < -0.4 is 34.3 Å².